The maximum absolute atomic E-state index is 13.6. The van der Waals surface area contributed by atoms with Crippen molar-refractivity contribution >= 4 is 11.8 Å². The predicted molar refractivity (Wildman–Crippen MR) is 109 cm³/mol. The Morgan fingerprint density at radius 3 is 2.71 bits per heavy atom. The van der Waals surface area contributed by atoms with Crippen molar-refractivity contribution in [1.29, 1.82) is 0 Å². The van der Waals surface area contributed by atoms with Crippen LogP contribution in [0, 0.1) is 22.7 Å². The highest BCUT2D eigenvalue weighted by Crippen LogP contribution is 2.59. The monoisotopic (exact) mass is 386 g/mol. The van der Waals surface area contributed by atoms with Gasteiger partial charge in [0.1, 0.15) is 0 Å². The summed E-state index contributed by atoms with van der Waals surface area (Å²) in [4.78, 5) is 25.1. The molecule has 0 spiro atoms. The number of hydrogen-bond acceptors (Lipinski definition) is 4. The third-order valence-corrected chi connectivity index (χ3v) is 7.58. The van der Waals surface area contributed by atoms with Gasteiger partial charge in [0, 0.05) is 11.5 Å². The summed E-state index contributed by atoms with van der Waals surface area (Å²) in [5.74, 6) is -0.460. The molecule has 154 valence electrons. The van der Waals surface area contributed by atoms with Crippen LogP contribution in [0.3, 0.4) is 0 Å². The molecule has 0 aromatic heterocycles. The lowest BCUT2D eigenvalue weighted by Gasteiger charge is -2.53. The first-order chi connectivity index (χ1) is 13.1. The number of cyclic esters (lactones) is 1. The first-order valence-corrected chi connectivity index (χ1v) is 10.6. The molecule has 0 amide bonds. The molecule has 4 heteroatoms. The van der Waals surface area contributed by atoms with E-state index in [0.29, 0.717) is 0 Å². The fourth-order valence-electron chi connectivity index (χ4n) is 5.65. The number of aliphatic hydroxyl groups is 1. The molecule has 0 saturated heterocycles. The van der Waals surface area contributed by atoms with Crippen molar-refractivity contribution in [3.8, 4) is 0 Å². The number of carbonyl (C=O) groups is 2. The van der Waals surface area contributed by atoms with E-state index in [9.17, 15) is 14.7 Å². The van der Waals surface area contributed by atoms with Gasteiger partial charge in [-0.2, -0.15) is 0 Å². The smallest absolute Gasteiger partial charge is 0.333 e. The van der Waals surface area contributed by atoms with Gasteiger partial charge in [0.05, 0.1) is 5.57 Å². The van der Waals surface area contributed by atoms with Crippen molar-refractivity contribution in [2.24, 2.45) is 22.7 Å². The van der Waals surface area contributed by atoms with Crippen molar-refractivity contribution in [2.45, 2.75) is 78.9 Å². The second-order valence-corrected chi connectivity index (χ2v) is 9.61. The van der Waals surface area contributed by atoms with E-state index in [2.05, 4.69) is 33.4 Å². The van der Waals surface area contributed by atoms with Crippen LogP contribution in [-0.2, 0) is 14.3 Å². The molecule has 0 radical (unpaired) electrons. The molecule has 1 heterocycles. The molecule has 28 heavy (non-hydrogen) atoms. The molecule has 0 aromatic rings. The molecule has 0 bridgehead atoms. The molecule has 1 aliphatic heterocycles. The number of carbonyl (C=O) groups excluding carboxylic acids is 2. The highest BCUT2D eigenvalue weighted by atomic mass is 16.6. The summed E-state index contributed by atoms with van der Waals surface area (Å²) in [7, 11) is 0. The van der Waals surface area contributed by atoms with Crippen LogP contribution < -0.4 is 0 Å². The molecule has 1 unspecified atom stereocenters. The molecule has 2 aliphatic carbocycles. The van der Waals surface area contributed by atoms with E-state index in [1.807, 2.05) is 6.92 Å². The van der Waals surface area contributed by atoms with Crippen LogP contribution in [0.5, 0.6) is 0 Å². The second-order valence-electron chi connectivity index (χ2n) is 9.61. The van der Waals surface area contributed by atoms with Gasteiger partial charge in [-0.15, -0.1) is 6.58 Å². The normalized spacial score (nSPS) is 37.6. The van der Waals surface area contributed by atoms with Gasteiger partial charge >= 0.3 is 5.97 Å². The minimum absolute atomic E-state index is 0.106. The van der Waals surface area contributed by atoms with Gasteiger partial charge in [-0.1, -0.05) is 44.4 Å². The Morgan fingerprint density at radius 2 is 2.11 bits per heavy atom. The number of hydrogen-bond donors (Lipinski definition) is 1. The number of allylic oxidation sites excluding steroid dienone is 3. The van der Waals surface area contributed by atoms with Crippen LogP contribution in [0.2, 0.25) is 0 Å². The van der Waals surface area contributed by atoms with Crippen LogP contribution in [0.15, 0.2) is 35.5 Å². The van der Waals surface area contributed by atoms with E-state index in [1.165, 1.54) is 17.2 Å². The van der Waals surface area contributed by atoms with Crippen molar-refractivity contribution in [3.63, 3.8) is 0 Å². The second kappa shape index (κ2) is 7.62. The summed E-state index contributed by atoms with van der Waals surface area (Å²) in [6.07, 6.45) is 9.46. The van der Waals surface area contributed by atoms with Crippen molar-refractivity contribution in [1.82, 2.24) is 0 Å². The Labute approximate surface area is 168 Å². The van der Waals surface area contributed by atoms with E-state index in [-0.39, 0.29) is 28.6 Å². The van der Waals surface area contributed by atoms with Gasteiger partial charge in [-0.25, -0.2) is 4.79 Å². The van der Waals surface area contributed by atoms with Crippen LogP contribution in [0.4, 0.5) is 0 Å². The van der Waals surface area contributed by atoms with Crippen molar-refractivity contribution in [2.75, 3.05) is 0 Å². The van der Waals surface area contributed by atoms with E-state index in [4.69, 9.17) is 4.74 Å². The summed E-state index contributed by atoms with van der Waals surface area (Å²) in [6, 6.07) is 0. The molecule has 1 N–H and O–H groups in total. The zero-order valence-electron chi connectivity index (χ0n) is 17.7. The molecule has 4 nitrogen and oxygen atoms in total. The summed E-state index contributed by atoms with van der Waals surface area (Å²) in [5, 5.41) is 10.1. The fourth-order valence-corrected chi connectivity index (χ4v) is 5.65. The predicted octanol–water partition coefficient (Wildman–Crippen LogP) is 4.88. The van der Waals surface area contributed by atoms with E-state index in [0.717, 1.165) is 44.9 Å². The van der Waals surface area contributed by atoms with E-state index in [1.54, 1.807) is 0 Å². The number of rotatable bonds is 6. The summed E-state index contributed by atoms with van der Waals surface area (Å²) < 4.78 is 4.80. The molecule has 1 saturated carbocycles. The van der Waals surface area contributed by atoms with Crippen LogP contribution in [0.1, 0.15) is 72.6 Å². The highest BCUT2D eigenvalue weighted by Gasteiger charge is 2.54. The van der Waals surface area contributed by atoms with Crippen LogP contribution >= 0.6 is 0 Å². The molecule has 0 aromatic carbocycles. The summed E-state index contributed by atoms with van der Waals surface area (Å²) in [5.41, 5.74) is 2.23. The lowest BCUT2D eigenvalue weighted by atomic mass is 9.50. The number of fused-ring (bicyclic) bond motifs is 1. The Bertz CT molecular complexity index is 746. The van der Waals surface area contributed by atoms with Gasteiger partial charge in [-0.05, 0) is 62.7 Å². The van der Waals surface area contributed by atoms with Gasteiger partial charge < -0.3 is 9.84 Å². The standard InChI is InChI=1S/C24H34O4/c1-15(2)8-6-12-23(4)13-7-9-19-18(23)11-10-16(3)24(19,5)21(26)17-14-20(25)28-22(17)27/h11,14,16,19,22,27H,1,6-10,12-13H2,2-5H3/t16-,19-,22?,23-,24+/m1/s1. The quantitative estimate of drug-likeness (QED) is 0.522. The van der Waals surface area contributed by atoms with Crippen molar-refractivity contribution in [3.05, 3.63) is 35.5 Å². The van der Waals surface area contributed by atoms with Crippen LogP contribution in [0.25, 0.3) is 0 Å². The lowest BCUT2D eigenvalue weighted by molar-refractivity contribution is -0.152. The lowest BCUT2D eigenvalue weighted by Crippen LogP contribution is -2.50. The maximum Gasteiger partial charge on any atom is 0.333 e. The van der Waals surface area contributed by atoms with Gasteiger partial charge in [0.2, 0.25) is 6.29 Å². The molecule has 1 fully saturated rings. The molecular formula is C24H34O4. The van der Waals surface area contributed by atoms with Crippen molar-refractivity contribution < 1.29 is 19.4 Å². The zero-order chi connectivity index (χ0) is 20.7. The number of aliphatic hydroxyl groups excluding tert-OH is 1. The summed E-state index contributed by atoms with van der Waals surface area (Å²) >= 11 is 0. The maximum atomic E-state index is 13.6. The Hall–Kier alpha value is -1.68. The minimum atomic E-state index is -1.43. The zero-order valence-corrected chi connectivity index (χ0v) is 17.7. The average Bonchev–Trinajstić information content (AvgIpc) is 2.95. The van der Waals surface area contributed by atoms with Gasteiger partial charge in [-0.3, -0.25) is 4.79 Å². The molecular weight excluding hydrogens is 352 g/mol. The Kier molecular flexibility index (Phi) is 5.73. The minimum Gasteiger partial charge on any atom is -0.428 e. The number of ether oxygens (including phenoxy) is 1. The molecule has 5 atom stereocenters. The SMILES string of the molecule is C=C(C)CCC[C@]1(C)CCC[C@@H]2C1=CC[C@@H](C)[C@]2(C)C(=O)C1=CC(=O)OC1O. The van der Waals surface area contributed by atoms with Gasteiger partial charge in [0.15, 0.2) is 5.78 Å². The Morgan fingerprint density at radius 1 is 1.39 bits per heavy atom. The van der Waals surface area contributed by atoms with E-state index >= 15 is 0 Å². The number of ketones is 1. The van der Waals surface area contributed by atoms with Crippen LogP contribution in [-0.4, -0.2) is 23.1 Å². The largest absolute Gasteiger partial charge is 0.428 e. The number of esters is 1. The third-order valence-electron chi connectivity index (χ3n) is 7.58. The van der Waals surface area contributed by atoms with E-state index < -0.39 is 17.7 Å². The number of Topliss-reactive ketones (excluding diaryl/α,β-unsaturated/α-hetero) is 1. The topological polar surface area (TPSA) is 63.6 Å². The highest BCUT2D eigenvalue weighted by molar-refractivity contribution is 6.07. The van der Waals surface area contributed by atoms with Gasteiger partial charge in [0.25, 0.3) is 0 Å². The third kappa shape index (κ3) is 3.52. The first kappa shape index (κ1) is 21.0. The fraction of sp³-hybridized carbons (Fsp3) is 0.667. The first-order valence-electron chi connectivity index (χ1n) is 10.6. The summed E-state index contributed by atoms with van der Waals surface area (Å²) in [6.45, 7) is 12.6. The Balaban J connectivity index is 1.91. The molecule has 3 rings (SSSR count). The molecule has 3 aliphatic rings. The average molecular weight is 387 g/mol.